The zero-order valence-corrected chi connectivity index (χ0v) is 17.0. The van der Waals surface area contributed by atoms with Crippen molar-refractivity contribution >= 4 is 29.0 Å². The fourth-order valence-corrected chi connectivity index (χ4v) is 3.85. The van der Waals surface area contributed by atoms with Crippen molar-refractivity contribution in [3.8, 4) is 17.1 Å². The molecule has 1 fully saturated rings. The maximum Gasteiger partial charge on any atom is 0.234 e. The Bertz CT molecular complexity index is 950. The summed E-state index contributed by atoms with van der Waals surface area (Å²) in [5.74, 6) is 1.61. The number of aromatic nitrogens is 3. The summed E-state index contributed by atoms with van der Waals surface area (Å²) in [5.41, 5.74) is 2.92. The first-order chi connectivity index (χ1) is 14.2. The SMILES string of the molecule is COc1ccc(-c2nc(SCC(=O)Nc3ccc(N4CCCC4)cc3)n[nH]2)cc1. The van der Waals surface area contributed by atoms with Gasteiger partial charge in [-0.1, -0.05) is 11.8 Å². The molecule has 0 unspecified atom stereocenters. The predicted molar refractivity (Wildman–Crippen MR) is 116 cm³/mol. The fourth-order valence-electron chi connectivity index (χ4n) is 3.25. The predicted octanol–water partition coefficient (Wildman–Crippen LogP) is 3.81. The summed E-state index contributed by atoms with van der Waals surface area (Å²) in [7, 11) is 1.63. The molecule has 0 saturated carbocycles. The van der Waals surface area contributed by atoms with E-state index in [0.717, 1.165) is 30.1 Å². The third-order valence-corrected chi connectivity index (χ3v) is 5.63. The molecular weight excluding hydrogens is 386 g/mol. The van der Waals surface area contributed by atoms with E-state index in [-0.39, 0.29) is 11.7 Å². The zero-order chi connectivity index (χ0) is 20.1. The number of ether oxygens (including phenoxy) is 1. The highest BCUT2D eigenvalue weighted by Gasteiger charge is 2.13. The lowest BCUT2D eigenvalue weighted by Gasteiger charge is -2.17. The molecular formula is C21H23N5O2S. The van der Waals surface area contributed by atoms with Crippen molar-refractivity contribution in [2.24, 2.45) is 0 Å². The molecule has 1 aromatic heterocycles. The maximum atomic E-state index is 12.3. The van der Waals surface area contributed by atoms with Crippen LogP contribution in [0.4, 0.5) is 11.4 Å². The van der Waals surface area contributed by atoms with E-state index in [1.54, 1.807) is 7.11 Å². The van der Waals surface area contributed by atoms with Crippen molar-refractivity contribution < 1.29 is 9.53 Å². The largest absolute Gasteiger partial charge is 0.497 e. The molecule has 8 heteroatoms. The van der Waals surface area contributed by atoms with E-state index in [0.29, 0.717) is 11.0 Å². The molecule has 1 aliphatic rings. The monoisotopic (exact) mass is 409 g/mol. The Labute approximate surface area is 173 Å². The van der Waals surface area contributed by atoms with Gasteiger partial charge in [0, 0.05) is 30.0 Å². The van der Waals surface area contributed by atoms with Crippen molar-refractivity contribution in [2.45, 2.75) is 18.0 Å². The minimum absolute atomic E-state index is 0.0836. The summed E-state index contributed by atoms with van der Waals surface area (Å²) in [6.45, 7) is 2.22. The minimum atomic E-state index is -0.0836. The van der Waals surface area contributed by atoms with Crippen LogP contribution in [0.2, 0.25) is 0 Å². The van der Waals surface area contributed by atoms with Crippen LogP contribution >= 0.6 is 11.8 Å². The van der Waals surface area contributed by atoms with E-state index in [1.807, 2.05) is 36.4 Å². The van der Waals surface area contributed by atoms with Crippen molar-refractivity contribution in [2.75, 3.05) is 36.2 Å². The molecule has 7 nitrogen and oxygen atoms in total. The number of thioether (sulfide) groups is 1. The van der Waals surface area contributed by atoms with Crippen LogP contribution in [0.25, 0.3) is 11.4 Å². The number of carbonyl (C=O) groups is 1. The summed E-state index contributed by atoms with van der Waals surface area (Å²) in [6, 6.07) is 15.6. The third-order valence-electron chi connectivity index (χ3n) is 4.78. The van der Waals surface area contributed by atoms with E-state index in [4.69, 9.17) is 4.74 Å². The van der Waals surface area contributed by atoms with Gasteiger partial charge in [-0.05, 0) is 61.4 Å². The second-order valence-electron chi connectivity index (χ2n) is 6.77. The Kier molecular flexibility index (Phi) is 6.00. The number of anilines is 2. The Morgan fingerprint density at radius 3 is 2.55 bits per heavy atom. The Morgan fingerprint density at radius 2 is 1.86 bits per heavy atom. The number of hydrogen-bond donors (Lipinski definition) is 2. The Morgan fingerprint density at radius 1 is 1.14 bits per heavy atom. The van der Waals surface area contributed by atoms with E-state index in [2.05, 4.69) is 37.5 Å². The third kappa shape index (κ3) is 4.89. The first kappa shape index (κ1) is 19.3. The van der Waals surface area contributed by atoms with Gasteiger partial charge in [0.2, 0.25) is 11.1 Å². The van der Waals surface area contributed by atoms with Crippen molar-refractivity contribution in [1.82, 2.24) is 15.2 Å². The maximum absolute atomic E-state index is 12.3. The van der Waals surface area contributed by atoms with Crippen LogP contribution in [0.15, 0.2) is 53.7 Å². The number of rotatable bonds is 7. The summed E-state index contributed by atoms with van der Waals surface area (Å²) >= 11 is 1.30. The van der Waals surface area contributed by atoms with Gasteiger partial charge in [-0.25, -0.2) is 4.98 Å². The molecule has 1 amide bonds. The van der Waals surface area contributed by atoms with Crippen LogP contribution in [0, 0.1) is 0 Å². The van der Waals surface area contributed by atoms with E-state index >= 15 is 0 Å². The molecule has 0 radical (unpaired) electrons. The molecule has 0 spiro atoms. The molecule has 29 heavy (non-hydrogen) atoms. The average molecular weight is 410 g/mol. The van der Waals surface area contributed by atoms with Crippen LogP contribution in [-0.4, -0.2) is 47.0 Å². The lowest BCUT2D eigenvalue weighted by Crippen LogP contribution is -2.18. The molecule has 0 atom stereocenters. The molecule has 2 N–H and O–H groups in total. The van der Waals surface area contributed by atoms with Gasteiger partial charge in [0.05, 0.1) is 12.9 Å². The number of carbonyl (C=O) groups excluding carboxylic acids is 1. The molecule has 3 aromatic rings. The smallest absolute Gasteiger partial charge is 0.234 e. The van der Waals surface area contributed by atoms with E-state index in [1.165, 1.54) is 30.3 Å². The highest BCUT2D eigenvalue weighted by Crippen LogP contribution is 2.23. The van der Waals surface area contributed by atoms with Gasteiger partial charge in [-0.3, -0.25) is 9.89 Å². The van der Waals surface area contributed by atoms with Crippen molar-refractivity contribution in [1.29, 1.82) is 0 Å². The molecule has 1 saturated heterocycles. The first-order valence-corrected chi connectivity index (χ1v) is 10.5. The number of nitrogens with one attached hydrogen (secondary N) is 2. The van der Waals surface area contributed by atoms with Crippen LogP contribution in [0.1, 0.15) is 12.8 Å². The second-order valence-corrected chi connectivity index (χ2v) is 7.72. The first-order valence-electron chi connectivity index (χ1n) is 9.56. The summed E-state index contributed by atoms with van der Waals surface area (Å²) in [6.07, 6.45) is 2.49. The minimum Gasteiger partial charge on any atom is -0.497 e. The van der Waals surface area contributed by atoms with E-state index in [9.17, 15) is 4.79 Å². The quantitative estimate of drug-likeness (QED) is 0.578. The number of amides is 1. The van der Waals surface area contributed by atoms with Gasteiger partial charge in [-0.15, -0.1) is 5.10 Å². The molecule has 0 bridgehead atoms. The Balaban J connectivity index is 1.28. The number of nitrogens with zero attached hydrogens (tertiary/aromatic N) is 3. The molecule has 0 aliphatic carbocycles. The fraction of sp³-hybridized carbons (Fsp3) is 0.286. The standard InChI is InChI=1S/C21H23N5O2S/c1-28-18-10-4-15(5-11-18)20-23-21(25-24-20)29-14-19(27)22-16-6-8-17(9-7-16)26-12-2-3-13-26/h4-11H,2-3,12-14H2,1H3,(H,22,27)(H,23,24,25). The number of benzene rings is 2. The van der Waals surface area contributed by atoms with Gasteiger partial charge >= 0.3 is 0 Å². The van der Waals surface area contributed by atoms with Gasteiger partial charge in [0.1, 0.15) is 5.75 Å². The average Bonchev–Trinajstić information content (AvgIpc) is 3.45. The van der Waals surface area contributed by atoms with Gasteiger partial charge in [0.25, 0.3) is 0 Å². The second kappa shape index (κ2) is 9.00. The lowest BCUT2D eigenvalue weighted by molar-refractivity contribution is -0.113. The van der Waals surface area contributed by atoms with Crippen LogP contribution in [0.5, 0.6) is 5.75 Å². The molecule has 150 valence electrons. The number of methoxy groups -OCH3 is 1. The highest BCUT2D eigenvalue weighted by atomic mass is 32.2. The zero-order valence-electron chi connectivity index (χ0n) is 16.2. The van der Waals surface area contributed by atoms with Gasteiger partial charge in [-0.2, -0.15) is 0 Å². The van der Waals surface area contributed by atoms with E-state index < -0.39 is 0 Å². The van der Waals surface area contributed by atoms with Crippen LogP contribution in [0.3, 0.4) is 0 Å². The van der Waals surface area contributed by atoms with Crippen LogP contribution in [-0.2, 0) is 4.79 Å². The molecule has 2 aromatic carbocycles. The summed E-state index contributed by atoms with van der Waals surface area (Å²) in [5, 5.41) is 10.5. The summed E-state index contributed by atoms with van der Waals surface area (Å²) < 4.78 is 5.16. The van der Waals surface area contributed by atoms with Crippen molar-refractivity contribution in [3.63, 3.8) is 0 Å². The van der Waals surface area contributed by atoms with Gasteiger partial charge < -0.3 is 15.0 Å². The van der Waals surface area contributed by atoms with Gasteiger partial charge in [0.15, 0.2) is 5.82 Å². The molecule has 4 rings (SSSR count). The lowest BCUT2D eigenvalue weighted by atomic mass is 10.2. The highest BCUT2D eigenvalue weighted by molar-refractivity contribution is 7.99. The number of hydrogen-bond acceptors (Lipinski definition) is 6. The van der Waals surface area contributed by atoms with Crippen molar-refractivity contribution in [3.05, 3.63) is 48.5 Å². The number of aromatic amines is 1. The van der Waals surface area contributed by atoms with Crippen LogP contribution < -0.4 is 15.0 Å². The number of H-pyrrole nitrogens is 1. The molecule has 2 heterocycles. The molecule has 1 aliphatic heterocycles. The topological polar surface area (TPSA) is 83.1 Å². The Hall–Kier alpha value is -3.00. The summed E-state index contributed by atoms with van der Waals surface area (Å²) in [4.78, 5) is 19.1. The normalized spacial score (nSPS) is 13.5.